The van der Waals surface area contributed by atoms with Gasteiger partial charge < -0.3 is 9.64 Å². The van der Waals surface area contributed by atoms with Crippen LogP contribution in [-0.4, -0.2) is 43.0 Å². The standard InChI is InChI=1S/C19H19N7O2/c1-23-8-13-9-24(10-15(13)21-23)14-2-3-16-12(6-14)7-17-18(28-19(27)26(16)17)11-25-5-4-20-22-25/h2-6,8,17-18H,7,9-11H2,1H3/t17-,18-/m0/s1. The molecule has 3 aliphatic rings. The second-order valence-corrected chi connectivity index (χ2v) is 7.63. The van der Waals surface area contributed by atoms with E-state index < -0.39 is 0 Å². The van der Waals surface area contributed by atoms with Crippen molar-refractivity contribution in [2.24, 2.45) is 7.05 Å². The van der Waals surface area contributed by atoms with Crippen LogP contribution in [0.15, 0.2) is 36.8 Å². The van der Waals surface area contributed by atoms with Gasteiger partial charge in [-0.1, -0.05) is 5.21 Å². The Hall–Kier alpha value is -3.36. The predicted octanol–water partition coefficient (Wildman–Crippen LogP) is 1.48. The van der Waals surface area contributed by atoms with Crippen LogP contribution in [-0.2, 0) is 37.8 Å². The molecule has 0 N–H and O–H groups in total. The maximum Gasteiger partial charge on any atom is 0.415 e. The lowest BCUT2D eigenvalue weighted by Gasteiger charge is -2.19. The van der Waals surface area contributed by atoms with Crippen LogP contribution in [0.1, 0.15) is 16.8 Å². The van der Waals surface area contributed by atoms with E-state index >= 15 is 0 Å². The van der Waals surface area contributed by atoms with Crippen molar-refractivity contribution in [2.75, 3.05) is 9.80 Å². The third-order valence-electron chi connectivity index (χ3n) is 5.86. The Labute approximate surface area is 161 Å². The molecule has 142 valence electrons. The number of amides is 1. The van der Waals surface area contributed by atoms with Crippen LogP contribution in [0.2, 0.25) is 0 Å². The fraction of sp³-hybridized carbons (Fsp3) is 0.368. The van der Waals surface area contributed by atoms with Gasteiger partial charge in [-0.3, -0.25) is 9.58 Å². The Kier molecular flexibility index (Phi) is 3.12. The number of ether oxygens (including phenoxy) is 1. The van der Waals surface area contributed by atoms with E-state index in [1.807, 2.05) is 17.8 Å². The highest BCUT2D eigenvalue weighted by Crippen LogP contribution is 2.41. The van der Waals surface area contributed by atoms with Crippen LogP contribution in [0, 0.1) is 0 Å². The molecule has 2 aromatic heterocycles. The molecular formula is C19H19N7O2. The number of anilines is 2. The normalized spacial score (nSPS) is 22.4. The second-order valence-electron chi connectivity index (χ2n) is 7.63. The molecule has 5 heterocycles. The van der Waals surface area contributed by atoms with E-state index in [0.717, 1.165) is 30.9 Å². The summed E-state index contributed by atoms with van der Waals surface area (Å²) in [6.07, 6.45) is 5.78. The monoisotopic (exact) mass is 377 g/mol. The van der Waals surface area contributed by atoms with E-state index in [9.17, 15) is 4.79 Å². The number of hydrogen-bond acceptors (Lipinski definition) is 6. The molecule has 0 bridgehead atoms. The molecule has 9 nitrogen and oxygen atoms in total. The Morgan fingerprint density at radius 3 is 3.00 bits per heavy atom. The zero-order chi connectivity index (χ0) is 18.8. The largest absolute Gasteiger partial charge is 0.442 e. The number of nitrogens with zero attached hydrogens (tertiary/aromatic N) is 7. The van der Waals surface area contributed by atoms with Crippen molar-refractivity contribution < 1.29 is 9.53 Å². The lowest BCUT2D eigenvalue weighted by molar-refractivity contribution is 0.117. The maximum absolute atomic E-state index is 12.5. The third-order valence-corrected chi connectivity index (χ3v) is 5.86. The van der Waals surface area contributed by atoms with E-state index in [1.54, 1.807) is 22.0 Å². The molecule has 2 atom stereocenters. The fourth-order valence-corrected chi connectivity index (χ4v) is 4.61. The van der Waals surface area contributed by atoms with Gasteiger partial charge in [0.15, 0.2) is 0 Å². The first-order chi connectivity index (χ1) is 13.7. The molecule has 9 heteroatoms. The minimum atomic E-state index is -0.278. The van der Waals surface area contributed by atoms with Gasteiger partial charge in [0.05, 0.1) is 36.7 Å². The molecule has 3 aromatic rings. The Morgan fingerprint density at radius 1 is 1.25 bits per heavy atom. The minimum absolute atomic E-state index is 0.000594. The van der Waals surface area contributed by atoms with Gasteiger partial charge in [-0.25, -0.2) is 9.48 Å². The fourth-order valence-electron chi connectivity index (χ4n) is 4.61. The van der Waals surface area contributed by atoms with Crippen LogP contribution >= 0.6 is 0 Å². The summed E-state index contributed by atoms with van der Waals surface area (Å²) in [6, 6.07) is 6.34. The molecule has 1 amide bonds. The van der Waals surface area contributed by atoms with E-state index in [1.165, 1.54) is 16.8 Å². The lowest BCUT2D eigenvalue weighted by atomic mass is 10.0. The molecule has 6 rings (SSSR count). The summed E-state index contributed by atoms with van der Waals surface area (Å²) in [7, 11) is 1.96. The van der Waals surface area contributed by atoms with Gasteiger partial charge in [0.25, 0.3) is 0 Å². The number of fused-ring (bicyclic) bond motifs is 4. The molecule has 1 fully saturated rings. The molecule has 0 radical (unpaired) electrons. The summed E-state index contributed by atoms with van der Waals surface area (Å²) >= 11 is 0. The highest BCUT2D eigenvalue weighted by molar-refractivity contribution is 5.94. The zero-order valence-corrected chi connectivity index (χ0v) is 15.4. The van der Waals surface area contributed by atoms with Crippen LogP contribution in [0.5, 0.6) is 0 Å². The number of benzene rings is 1. The number of cyclic esters (lactones) is 1. The van der Waals surface area contributed by atoms with Gasteiger partial charge in [-0.2, -0.15) is 5.10 Å². The Bertz CT molecular complexity index is 1050. The third kappa shape index (κ3) is 2.25. The minimum Gasteiger partial charge on any atom is -0.442 e. The van der Waals surface area contributed by atoms with Gasteiger partial charge in [0.2, 0.25) is 0 Å². The van der Waals surface area contributed by atoms with Gasteiger partial charge in [-0.05, 0) is 30.2 Å². The number of rotatable bonds is 3. The summed E-state index contributed by atoms with van der Waals surface area (Å²) in [5.74, 6) is 0. The second kappa shape index (κ2) is 5.57. The van der Waals surface area contributed by atoms with Gasteiger partial charge in [0.1, 0.15) is 6.10 Å². The number of aryl methyl sites for hydroxylation is 1. The molecular weight excluding hydrogens is 358 g/mol. The summed E-state index contributed by atoms with van der Waals surface area (Å²) in [6.45, 7) is 2.20. The SMILES string of the molecule is Cn1cc2c(n1)CN(c1ccc3c(c1)C[C@H]1[C@H](Cn4ccnn4)OC(=O)N31)C2. The van der Waals surface area contributed by atoms with Crippen molar-refractivity contribution in [3.05, 3.63) is 53.6 Å². The highest BCUT2D eigenvalue weighted by atomic mass is 16.6. The van der Waals surface area contributed by atoms with Crippen molar-refractivity contribution in [3.63, 3.8) is 0 Å². The molecule has 0 unspecified atom stereocenters. The first-order valence-corrected chi connectivity index (χ1v) is 9.39. The number of aromatic nitrogens is 5. The molecule has 0 saturated carbocycles. The first-order valence-electron chi connectivity index (χ1n) is 9.39. The highest BCUT2D eigenvalue weighted by Gasteiger charge is 2.47. The zero-order valence-electron chi connectivity index (χ0n) is 15.4. The van der Waals surface area contributed by atoms with Crippen LogP contribution in [0.3, 0.4) is 0 Å². The number of hydrogen-bond donors (Lipinski definition) is 0. The predicted molar refractivity (Wildman–Crippen MR) is 99.8 cm³/mol. The van der Waals surface area contributed by atoms with Crippen LogP contribution < -0.4 is 9.80 Å². The Morgan fingerprint density at radius 2 is 2.18 bits per heavy atom. The topological polar surface area (TPSA) is 81.3 Å². The van der Waals surface area contributed by atoms with E-state index in [4.69, 9.17) is 4.74 Å². The van der Waals surface area contributed by atoms with Crippen molar-refractivity contribution in [2.45, 2.75) is 38.2 Å². The molecule has 0 spiro atoms. The maximum atomic E-state index is 12.5. The number of carbonyl (C=O) groups is 1. The summed E-state index contributed by atoms with van der Waals surface area (Å²) in [5.41, 5.74) is 5.73. The van der Waals surface area contributed by atoms with E-state index in [0.29, 0.717) is 6.54 Å². The van der Waals surface area contributed by atoms with Gasteiger partial charge in [0, 0.05) is 37.2 Å². The smallest absolute Gasteiger partial charge is 0.415 e. The lowest BCUT2D eigenvalue weighted by Crippen LogP contribution is -2.35. The van der Waals surface area contributed by atoms with Crippen molar-refractivity contribution in [1.82, 2.24) is 24.8 Å². The van der Waals surface area contributed by atoms with E-state index in [2.05, 4.69) is 38.6 Å². The number of carbonyl (C=O) groups excluding carboxylic acids is 1. The molecule has 1 aromatic carbocycles. The molecule has 28 heavy (non-hydrogen) atoms. The van der Waals surface area contributed by atoms with Crippen molar-refractivity contribution in [3.8, 4) is 0 Å². The quantitative estimate of drug-likeness (QED) is 0.688. The summed E-state index contributed by atoms with van der Waals surface area (Å²) in [5, 5.41) is 12.4. The van der Waals surface area contributed by atoms with Gasteiger partial charge in [-0.15, -0.1) is 5.10 Å². The average Bonchev–Trinajstić information content (AvgIpc) is 3.44. The van der Waals surface area contributed by atoms with Crippen LogP contribution in [0.25, 0.3) is 0 Å². The molecule has 3 aliphatic heterocycles. The summed E-state index contributed by atoms with van der Waals surface area (Å²) in [4.78, 5) is 16.6. The average molecular weight is 377 g/mol. The van der Waals surface area contributed by atoms with E-state index in [-0.39, 0.29) is 18.2 Å². The van der Waals surface area contributed by atoms with Gasteiger partial charge >= 0.3 is 6.09 Å². The Balaban J connectivity index is 1.26. The molecule has 1 saturated heterocycles. The van der Waals surface area contributed by atoms with Crippen molar-refractivity contribution >= 4 is 17.5 Å². The van der Waals surface area contributed by atoms with Crippen molar-refractivity contribution in [1.29, 1.82) is 0 Å². The first kappa shape index (κ1) is 15.7. The molecule has 0 aliphatic carbocycles. The summed E-state index contributed by atoms with van der Waals surface area (Å²) < 4.78 is 9.20. The van der Waals surface area contributed by atoms with Crippen LogP contribution in [0.4, 0.5) is 16.2 Å².